The van der Waals surface area contributed by atoms with Gasteiger partial charge < -0.3 is 15.6 Å². The van der Waals surface area contributed by atoms with E-state index in [1.165, 1.54) is 0 Å². The van der Waals surface area contributed by atoms with Crippen molar-refractivity contribution in [3.05, 3.63) is 48.0 Å². The van der Waals surface area contributed by atoms with E-state index >= 15 is 0 Å². The number of aliphatic hydroxyl groups is 1. The summed E-state index contributed by atoms with van der Waals surface area (Å²) in [5, 5.41) is 11.6. The molecule has 0 aliphatic heterocycles. The van der Waals surface area contributed by atoms with Gasteiger partial charge in [-0.15, -0.1) is 0 Å². The van der Waals surface area contributed by atoms with Crippen molar-refractivity contribution in [1.82, 2.24) is 0 Å². The van der Waals surface area contributed by atoms with Crippen LogP contribution in [0, 0.1) is 0 Å². The highest BCUT2D eigenvalue weighted by Crippen LogP contribution is 2.21. The summed E-state index contributed by atoms with van der Waals surface area (Å²) in [5.74, 6) is -1.45. The molecule has 2 unspecified atom stereocenters. The molecule has 0 aromatic heterocycles. The smallest absolute Gasteiger partial charge is 0.339 e. The SMILES string of the molecule is CCCCCC(OC(=O)c1cccc2ccccc12)C(O)C(N)=O. The average molecular weight is 329 g/mol. The molecule has 0 fully saturated rings. The van der Waals surface area contributed by atoms with Crippen LogP contribution in [-0.4, -0.2) is 29.2 Å². The molecule has 0 spiro atoms. The predicted molar refractivity (Wildman–Crippen MR) is 92.5 cm³/mol. The number of benzene rings is 2. The van der Waals surface area contributed by atoms with E-state index in [0.29, 0.717) is 12.0 Å². The second-order valence-electron chi connectivity index (χ2n) is 5.81. The molecule has 0 saturated heterocycles. The van der Waals surface area contributed by atoms with Crippen molar-refractivity contribution < 1.29 is 19.4 Å². The second-order valence-corrected chi connectivity index (χ2v) is 5.81. The topological polar surface area (TPSA) is 89.6 Å². The van der Waals surface area contributed by atoms with Gasteiger partial charge in [-0.3, -0.25) is 4.79 Å². The fraction of sp³-hybridized carbons (Fsp3) is 0.368. The molecule has 2 aromatic carbocycles. The molecule has 0 aliphatic carbocycles. The van der Waals surface area contributed by atoms with E-state index in [0.717, 1.165) is 30.0 Å². The number of carbonyl (C=O) groups excluding carboxylic acids is 2. The lowest BCUT2D eigenvalue weighted by atomic mass is 10.0. The molecular formula is C19H23NO4. The van der Waals surface area contributed by atoms with Crippen LogP contribution in [0.2, 0.25) is 0 Å². The van der Waals surface area contributed by atoms with Crippen LogP contribution < -0.4 is 5.73 Å². The summed E-state index contributed by atoms with van der Waals surface area (Å²) in [6, 6.07) is 12.8. The molecule has 0 heterocycles. The van der Waals surface area contributed by atoms with E-state index in [-0.39, 0.29) is 0 Å². The van der Waals surface area contributed by atoms with E-state index in [1.807, 2.05) is 37.3 Å². The quantitative estimate of drug-likeness (QED) is 0.575. The fourth-order valence-electron chi connectivity index (χ4n) is 2.66. The number of primary amides is 1. The van der Waals surface area contributed by atoms with Gasteiger partial charge >= 0.3 is 5.97 Å². The first-order chi connectivity index (χ1) is 11.5. The lowest BCUT2D eigenvalue weighted by molar-refractivity contribution is -0.132. The van der Waals surface area contributed by atoms with Gasteiger partial charge in [0.2, 0.25) is 5.91 Å². The predicted octanol–water partition coefficient (Wildman–Crippen LogP) is 2.79. The monoisotopic (exact) mass is 329 g/mol. The van der Waals surface area contributed by atoms with Gasteiger partial charge in [-0.25, -0.2) is 4.79 Å². The summed E-state index contributed by atoms with van der Waals surface area (Å²) in [5.41, 5.74) is 5.57. The maximum absolute atomic E-state index is 12.5. The van der Waals surface area contributed by atoms with Crippen LogP contribution >= 0.6 is 0 Å². The maximum atomic E-state index is 12.5. The zero-order valence-corrected chi connectivity index (χ0v) is 13.8. The second kappa shape index (κ2) is 8.45. The van der Waals surface area contributed by atoms with E-state index in [9.17, 15) is 14.7 Å². The third kappa shape index (κ3) is 4.32. The molecule has 5 heteroatoms. The highest BCUT2D eigenvalue weighted by atomic mass is 16.6. The standard InChI is InChI=1S/C19H23NO4/c1-2-3-4-12-16(17(21)18(20)22)24-19(23)15-11-7-9-13-8-5-6-10-14(13)15/h5-11,16-17,21H,2-4,12H2,1H3,(H2,20,22). The Morgan fingerprint density at radius 3 is 2.54 bits per heavy atom. The number of rotatable bonds is 8. The Morgan fingerprint density at radius 2 is 1.83 bits per heavy atom. The highest BCUT2D eigenvalue weighted by Gasteiger charge is 2.28. The Morgan fingerprint density at radius 1 is 1.12 bits per heavy atom. The molecular weight excluding hydrogens is 306 g/mol. The molecule has 0 saturated carbocycles. The Bertz CT molecular complexity index is 708. The van der Waals surface area contributed by atoms with Gasteiger partial charge in [-0.2, -0.15) is 0 Å². The van der Waals surface area contributed by atoms with Crippen molar-refractivity contribution in [2.75, 3.05) is 0 Å². The summed E-state index contributed by atoms with van der Waals surface area (Å²) in [4.78, 5) is 23.8. The summed E-state index contributed by atoms with van der Waals surface area (Å²) in [6.45, 7) is 2.04. The number of nitrogens with two attached hydrogens (primary N) is 1. The number of amides is 1. The number of aliphatic hydroxyl groups excluding tert-OH is 1. The number of fused-ring (bicyclic) bond motifs is 1. The van der Waals surface area contributed by atoms with Crippen molar-refractivity contribution in [3.63, 3.8) is 0 Å². The van der Waals surface area contributed by atoms with E-state index in [2.05, 4.69) is 0 Å². The van der Waals surface area contributed by atoms with Crippen LogP contribution in [0.15, 0.2) is 42.5 Å². The minimum Gasteiger partial charge on any atom is -0.455 e. The molecule has 1 amide bonds. The van der Waals surface area contributed by atoms with Crippen LogP contribution in [0.4, 0.5) is 0 Å². The Labute approximate surface area is 141 Å². The number of esters is 1. The number of hydrogen-bond acceptors (Lipinski definition) is 4. The third-order valence-electron chi connectivity index (χ3n) is 4.00. The van der Waals surface area contributed by atoms with Crippen molar-refractivity contribution >= 4 is 22.6 Å². The highest BCUT2D eigenvalue weighted by molar-refractivity contribution is 6.04. The summed E-state index contributed by atoms with van der Waals surface area (Å²) >= 11 is 0. The molecule has 5 nitrogen and oxygen atoms in total. The van der Waals surface area contributed by atoms with E-state index in [1.54, 1.807) is 12.1 Å². The van der Waals surface area contributed by atoms with Gasteiger partial charge in [0, 0.05) is 0 Å². The van der Waals surface area contributed by atoms with Gasteiger partial charge in [0.1, 0.15) is 6.10 Å². The lowest BCUT2D eigenvalue weighted by Crippen LogP contribution is -2.41. The Hall–Kier alpha value is -2.40. The first kappa shape index (κ1) is 17.9. The van der Waals surface area contributed by atoms with Crippen molar-refractivity contribution in [2.24, 2.45) is 5.73 Å². The molecule has 0 radical (unpaired) electrons. The zero-order chi connectivity index (χ0) is 17.5. The maximum Gasteiger partial charge on any atom is 0.339 e. The fourth-order valence-corrected chi connectivity index (χ4v) is 2.66. The number of ether oxygens (including phenoxy) is 1. The molecule has 24 heavy (non-hydrogen) atoms. The first-order valence-corrected chi connectivity index (χ1v) is 8.20. The van der Waals surface area contributed by atoms with Crippen LogP contribution in [0.3, 0.4) is 0 Å². The Balaban J connectivity index is 2.20. The molecule has 0 aliphatic rings. The Kier molecular flexibility index (Phi) is 6.32. The lowest BCUT2D eigenvalue weighted by Gasteiger charge is -2.21. The van der Waals surface area contributed by atoms with Gasteiger partial charge in [0.15, 0.2) is 6.10 Å². The minimum atomic E-state index is -1.50. The summed E-state index contributed by atoms with van der Waals surface area (Å²) < 4.78 is 5.42. The van der Waals surface area contributed by atoms with E-state index in [4.69, 9.17) is 10.5 Å². The van der Waals surface area contributed by atoms with Crippen molar-refractivity contribution in [1.29, 1.82) is 0 Å². The van der Waals surface area contributed by atoms with Crippen molar-refractivity contribution in [3.8, 4) is 0 Å². The number of hydrogen-bond donors (Lipinski definition) is 2. The summed E-state index contributed by atoms with van der Waals surface area (Å²) in [7, 11) is 0. The molecule has 2 rings (SSSR count). The number of unbranched alkanes of at least 4 members (excludes halogenated alkanes) is 2. The molecule has 3 N–H and O–H groups in total. The molecule has 0 bridgehead atoms. The average Bonchev–Trinajstić information content (AvgIpc) is 2.59. The van der Waals surface area contributed by atoms with Gasteiger partial charge in [-0.1, -0.05) is 56.2 Å². The van der Waals surface area contributed by atoms with Crippen LogP contribution in [0.1, 0.15) is 43.0 Å². The van der Waals surface area contributed by atoms with Gasteiger partial charge in [0.05, 0.1) is 5.56 Å². The van der Waals surface area contributed by atoms with Crippen LogP contribution in [-0.2, 0) is 9.53 Å². The largest absolute Gasteiger partial charge is 0.455 e. The third-order valence-corrected chi connectivity index (χ3v) is 4.00. The minimum absolute atomic E-state index is 0.397. The van der Waals surface area contributed by atoms with Crippen LogP contribution in [0.5, 0.6) is 0 Å². The van der Waals surface area contributed by atoms with Gasteiger partial charge in [-0.05, 0) is 29.7 Å². The normalized spacial score (nSPS) is 13.4. The number of carbonyl (C=O) groups is 2. The summed E-state index contributed by atoms with van der Waals surface area (Å²) in [6.07, 6.45) is 0.619. The van der Waals surface area contributed by atoms with Crippen molar-refractivity contribution in [2.45, 2.75) is 44.8 Å². The molecule has 128 valence electrons. The first-order valence-electron chi connectivity index (χ1n) is 8.20. The molecule has 2 aromatic rings. The van der Waals surface area contributed by atoms with E-state index < -0.39 is 24.1 Å². The van der Waals surface area contributed by atoms with Crippen LogP contribution in [0.25, 0.3) is 10.8 Å². The van der Waals surface area contributed by atoms with Gasteiger partial charge in [0.25, 0.3) is 0 Å². The molecule has 2 atom stereocenters. The zero-order valence-electron chi connectivity index (χ0n) is 13.8.